The van der Waals surface area contributed by atoms with Crippen LogP contribution >= 0.6 is 0 Å². The van der Waals surface area contributed by atoms with Crippen LogP contribution in [0.1, 0.15) is 30.6 Å². The van der Waals surface area contributed by atoms with Crippen LogP contribution in [0.25, 0.3) is 0 Å². The lowest BCUT2D eigenvalue weighted by Gasteiger charge is -2.27. The van der Waals surface area contributed by atoms with E-state index < -0.39 is 28.8 Å². The smallest absolute Gasteiger partial charge is 0.254 e. The molecule has 1 rings (SSSR count). The molecule has 0 aliphatic heterocycles. The number of nitrogens with zero attached hydrogens (tertiary/aromatic N) is 1. The van der Waals surface area contributed by atoms with Crippen LogP contribution in [0.15, 0.2) is 12.3 Å². The predicted molar refractivity (Wildman–Crippen MR) is 57.4 cm³/mol. The van der Waals surface area contributed by atoms with Crippen molar-refractivity contribution in [1.82, 2.24) is 10.3 Å². The first-order valence-electron chi connectivity index (χ1n) is 5.17. The van der Waals surface area contributed by atoms with E-state index in [-0.39, 0.29) is 6.61 Å². The van der Waals surface area contributed by atoms with Crippen molar-refractivity contribution in [1.29, 1.82) is 0 Å². The van der Waals surface area contributed by atoms with Gasteiger partial charge in [0.05, 0.1) is 17.7 Å². The van der Waals surface area contributed by atoms with Gasteiger partial charge in [-0.1, -0.05) is 6.92 Å². The number of rotatable bonds is 4. The van der Waals surface area contributed by atoms with E-state index in [1.807, 2.05) is 0 Å². The Morgan fingerprint density at radius 2 is 2.24 bits per heavy atom. The van der Waals surface area contributed by atoms with Gasteiger partial charge < -0.3 is 10.4 Å². The molecule has 1 heterocycles. The van der Waals surface area contributed by atoms with Gasteiger partial charge in [0.2, 0.25) is 5.95 Å². The number of aliphatic hydroxyl groups excluding tert-OH is 1. The van der Waals surface area contributed by atoms with E-state index in [2.05, 4.69) is 10.3 Å². The van der Waals surface area contributed by atoms with Crippen LogP contribution in [0.5, 0.6) is 0 Å². The molecule has 0 aliphatic rings. The van der Waals surface area contributed by atoms with E-state index in [0.29, 0.717) is 6.42 Å². The first-order valence-corrected chi connectivity index (χ1v) is 5.17. The molecular weight excluding hydrogens is 230 g/mol. The molecule has 0 saturated carbocycles. The van der Waals surface area contributed by atoms with Crippen LogP contribution in [0.2, 0.25) is 0 Å². The van der Waals surface area contributed by atoms with Crippen LogP contribution in [0.3, 0.4) is 0 Å². The molecule has 4 nitrogen and oxygen atoms in total. The monoisotopic (exact) mass is 244 g/mol. The molecule has 0 radical (unpaired) electrons. The summed E-state index contributed by atoms with van der Waals surface area (Å²) in [5.74, 6) is -3.39. The molecule has 0 spiro atoms. The van der Waals surface area contributed by atoms with Gasteiger partial charge in [-0.25, -0.2) is 9.37 Å². The molecule has 0 aliphatic carbocycles. The Bertz CT molecular complexity index is 420. The van der Waals surface area contributed by atoms with Crippen molar-refractivity contribution in [3.05, 3.63) is 29.6 Å². The van der Waals surface area contributed by atoms with Gasteiger partial charge in [0, 0.05) is 6.20 Å². The number of carbonyl (C=O) groups excluding carboxylic acids is 1. The van der Waals surface area contributed by atoms with Crippen molar-refractivity contribution < 1.29 is 18.7 Å². The zero-order valence-corrected chi connectivity index (χ0v) is 9.63. The van der Waals surface area contributed by atoms with Gasteiger partial charge in [0.15, 0.2) is 5.82 Å². The summed E-state index contributed by atoms with van der Waals surface area (Å²) in [5.41, 5.74) is -1.28. The minimum absolute atomic E-state index is 0.287. The lowest BCUT2D eigenvalue weighted by molar-refractivity contribution is 0.0842. The number of amides is 1. The van der Waals surface area contributed by atoms with Gasteiger partial charge in [-0.15, -0.1) is 0 Å². The largest absolute Gasteiger partial charge is 0.394 e. The molecule has 1 atom stereocenters. The van der Waals surface area contributed by atoms with Crippen molar-refractivity contribution >= 4 is 5.91 Å². The highest BCUT2D eigenvalue weighted by Gasteiger charge is 2.26. The van der Waals surface area contributed by atoms with Crippen molar-refractivity contribution in [3.8, 4) is 0 Å². The minimum atomic E-state index is -1.32. The molecule has 1 amide bonds. The van der Waals surface area contributed by atoms with Crippen molar-refractivity contribution in [2.45, 2.75) is 25.8 Å². The van der Waals surface area contributed by atoms with E-state index in [0.717, 1.165) is 12.3 Å². The van der Waals surface area contributed by atoms with Crippen LogP contribution < -0.4 is 5.32 Å². The average Bonchev–Trinajstić information content (AvgIpc) is 2.32. The Morgan fingerprint density at radius 3 is 2.76 bits per heavy atom. The number of hydrogen-bond acceptors (Lipinski definition) is 3. The molecule has 0 fully saturated rings. The third-order valence-electron chi connectivity index (χ3n) is 2.64. The minimum Gasteiger partial charge on any atom is -0.394 e. The van der Waals surface area contributed by atoms with E-state index in [9.17, 15) is 13.6 Å². The van der Waals surface area contributed by atoms with Gasteiger partial charge in [0.1, 0.15) is 0 Å². The number of aliphatic hydroxyl groups is 1. The fraction of sp³-hybridized carbons (Fsp3) is 0.455. The number of hydrogen-bond donors (Lipinski definition) is 2. The maximum atomic E-state index is 13.3. The molecule has 0 saturated heterocycles. The Morgan fingerprint density at radius 1 is 1.59 bits per heavy atom. The lowest BCUT2D eigenvalue weighted by Crippen LogP contribution is -2.48. The van der Waals surface area contributed by atoms with Gasteiger partial charge in [0.25, 0.3) is 5.91 Å². The summed E-state index contributed by atoms with van der Waals surface area (Å²) in [6, 6.07) is 1.08. The van der Waals surface area contributed by atoms with Crippen molar-refractivity contribution in [3.63, 3.8) is 0 Å². The van der Waals surface area contributed by atoms with Gasteiger partial charge in [-0.2, -0.15) is 4.39 Å². The Balaban J connectivity index is 2.94. The van der Waals surface area contributed by atoms with Gasteiger partial charge in [-0.3, -0.25) is 4.79 Å². The zero-order chi connectivity index (χ0) is 13.1. The number of nitrogens with one attached hydrogen (secondary N) is 1. The highest BCUT2D eigenvalue weighted by Crippen LogP contribution is 2.13. The van der Waals surface area contributed by atoms with Gasteiger partial charge >= 0.3 is 0 Å². The molecule has 1 unspecified atom stereocenters. The van der Waals surface area contributed by atoms with E-state index in [4.69, 9.17) is 5.11 Å². The standard InChI is InChI=1S/C11H14F2N2O2/c1-3-11(2,6-16)15-10(17)7-4-5-14-9(13)8(7)12/h4-5,16H,3,6H2,1-2H3,(H,15,17). The SMILES string of the molecule is CCC(C)(CO)NC(=O)c1ccnc(F)c1F. The normalized spacial score (nSPS) is 14.2. The van der Waals surface area contributed by atoms with E-state index in [1.54, 1.807) is 13.8 Å². The van der Waals surface area contributed by atoms with Gasteiger partial charge in [-0.05, 0) is 19.4 Å². The molecule has 1 aromatic heterocycles. The van der Waals surface area contributed by atoms with Crippen molar-refractivity contribution in [2.75, 3.05) is 6.61 Å². The highest BCUT2D eigenvalue weighted by molar-refractivity contribution is 5.94. The zero-order valence-electron chi connectivity index (χ0n) is 9.63. The molecule has 0 bridgehead atoms. The third-order valence-corrected chi connectivity index (χ3v) is 2.64. The summed E-state index contributed by atoms with van der Waals surface area (Å²) in [7, 11) is 0. The second kappa shape index (κ2) is 5.18. The Labute approximate surface area is 97.7 Å². The quantitative estimate of drug-likeness (QED) is 0.783. The summed E-state index contributed by atoms with van der Waals surface area (Å²) in [6.07, 6.45) is 1.47. The van der Waals surface area contributed by atoms with Crippen LogP contribution in [0, 0.1) is 11.8 Å². The van der Waals surface area contributed by atoms with Crippen LogP contribution in [0.4, 0.5) is 8.78 Å². The first kappa shape index (κ1) is 13.5. The Kier molecular flexibility index (Phi) is 4.11. The topological polar surface area (TPSA) is 62.2 Å². The second-order valence-corrected chi connectivity index (χ2v) is 3.99. The maximum Gasteiger partial charge on any atom is 0.254 e. The number of aromatic nitrogens is 1. The molecule has 17 heavy (non-hydrogen) atoms. The fourth-order valence-electron chi connectivity index (χ4n) is 1.17. The van der Waals surface area contributed by atoms with Crippen LogP contribution in [-0.4, -0.2) is 28.1 Å². The van der Waals surface area contributed by atoms with E-state index in [1.165, 1.54) is 0 Å². The molecular formula is C11H14F2N2O2. The third kappa shape index (κ3) is 2.97. The number of pyridine rings is 1. The predicted octanol–water partition coefficient (Wildman–Crippen LogP) is 1.25. The molecule has 2 N–H and O–H groups in total. The lowest BCUT2D eigenvalue weighted by atomic mass is 9.99. The summed E-state index contributed by atoms with van der Waals surface area (Å²) in [4.78, 5) is 14.8. The van der Waals surface area contributed by atoms with Crippen LogP contribution in [-0.2, 0) is 0 Å². The van der Waals surface area contributed by atoms with E-state index >= 15 is 0 Å². The summed E-state index contributed by atoms with van der Waals surface area (Å²) < 4.78 is 26.1. The molecule has 94 valence electrons. The fourth-order valence-corrected chi connectivity index (χ4v) is 1.17. The van der Waals surface area contributed by atoms with Crippen molar-refractivity contribution in [2.24, 2.45) is 0 Å². The summed E-state index contributed by atoms with van der Waals surface area (Å²) >= 11 is 0. The molecule has 6 heteroatoms. The Hall–Kier alpha value is -1.56. The number of carbonyl (C=O) groups is 1. The summed E-state index contributed by atoms with van der Waals surface area (Å²) in [6.45, 7) is 3.09. The average molecular weight is 244 g/mol. The first-order chi connectivity index (χ1) is 7.93. The second-order valence-electron chi connectivity index (χ2n) is 3.99. The highest BCUT2D eigenvalue weighted by atomic mass is 19.2. The molecule has 1 aromatic rings. The maximum absolute atomic E-state index is 13.3. The molecule has 0 aromatic carbocycles. The number of halogens is 2. The summed E-state index contributed by atoms with van der Waals surface area (Å²) in [5, 5.41) is 11.6.